The van der Waals surface area contributed by atoms with E-state index in [1.807, 2.05) is 13.8 Å². The van der Waals surface area contributed by atoms with Crippen molar-refractivity contribution in [1.82, 2.24) is 10.2 Å². The van der Waals surface area contributed by atoms with E-state index in [0.29, 0.717) is 17.8 Å². The van der Waals surface area contributed by atoms with Crippen LogP contribution < -0.4 is 11.1 Å². The molecule has 0 saturated heterocycles. The molecule has 0 aliphatic heterocycles. The first kappa shape index (κ1) is 18.4. The number of nitrogens with zero attached hydrogens (tertiary/aromatic N) is 1. The number of nitrogen functional groups attached to an aromatic ring is 1. The molecule has 132 valence electrons. The summed E-state index contributed by atoms with van der Waals surface area (Å²) in [7, 11) is 0. The first-order chi connectivity index (χ1) is 11.9. The maximum atomic E-state index is 12.9. The van der Waals surface area contributed by atoms with Gasteiger partial charge >= 0.3 is 0 Å². The Balaban J connectivity index is 1.98. The molecule has 0 fully saturated rings. The van der Waals surface area contributed by atoms with E-state index in [1.165, 1.54) is 17.0 Å². The van der Waals surface area contributed by atoms with Crippen molar-refractivity contribution in [3.8, 4) is 0 Å². The lowest BCUT2D eigenvalue weighted by molar-refractivity contribution is -0.121. The van der Waals surface area contributed by atoms with Gasteiger partial charge in [-0.05, 0) is 49.2 Å². The maximum Gasteiger partial charge on any atom is 0.254 e. The van der Waals surface area contributed by atoms with Gasteiger partial charge in [0.05, 0.1) is 6.54 Å². The Kier molecular flexibility index (Phi) is 6.11. The summed E-state index contributed by atoms with van der Waals surface area (Å²) in [6.07, 6.45) is 0. The Morgan fingerprint density at radius 1 is 1.16 bits per heavy atom. The lowest BCUT2D eigenvalue weighted by atomic mass is 10.1. The number of benzene rings is 2. The first-order valence-corrected chi connectivity index (χ1v) is 8.07. The van der Waals surface area contributed by atoms with Gasteiger partial charge < -0.3 is 16.0 Å². The van der Waals surface area contributed by atoms with Gasteiger partial charge in [-0.2, -0.15) is 0 Å². The molecule has 0 atom stereocenters. The number of nitrogens with two attached hydrogens (primary N) is 1. The number of aryl methyl sites for hydroxylation is 1. The van der Waals surface area contributed by atoms with Gasteiger partial charge in [0, 0.05) is 24.3 Å². The largest absolute Gasteiger partial charge is 0.399 e. The van der Waals surface area contributed by atoms with Crippen LogP contribution in [0.5, 0.6) is 0 Å². The summed E-state index contributed by atoms with van der Waals surface area (Å²) >= 11 is 0. The molecule has 0 spiro atoms. The molecule has 3 N–H and O–H groups in total. The van der Waals surface area contributed by atoms with Crippen molar-refractivity contribution in [2.75, 3.05) is 18.8 Å². The number of hydrogen-bond donors (Lipinski definition) is 2. The number of anilines is 1. The van der Waals surface area contributed by atoms with E-state index in [0.717, 1.165) is 11.1 Å². The minimum Gasteiger partial charge on any atom is -0.399 e. The highest BCUT2D eigenvalue weighted by atomic mass is 19.1. The number of nitrogens with one attached hydrogen (secondary N) is 1. The van der Waals surface area contributed by atoms with E-state index in [1.54, 1.807) is 30.3 Å². The molecule has 0 aromatic heterocycles. The van der Waals surface area contributed by atoms with Crippen molar-refractivity contribution in [3.63, 3.8) is 0 Å². The highest BCUT2D eigenvalue weighted by Gasteiger charge is 2.19. The quantitative estimate of drug-likeness (QED) is 0.791. The summed E-state index contributed by atoms with van der Waals surface area (Å²) in [5.41, 5.74) is 8.35. The predicted octanol–water partition coefficient (Wildman–Crippen LogP) is 2.49. The fraction of sp³-hybridized carbons (Fsp3) is 0.263. The minimum atomic E-state index is -0.324. The molecule has 6 heteroatoms. The summed E-state index contributed by atoms with van der Waals surface area (Å²) < 4.78 is 12.9. The van der Waals surface area contributed by atoms with Crippen molar-refractivity contribution in [2.24, 2.45) is 0 Å². The summed E-state index contributed by atoms with van der Waals surface area (Å²) in [6, 6.07) is 11.0. The van der Waals surface area contributed by atoms with Crippen LogP contribution in [-0.4, -0.2) is 29.8 Å². The van der Waals surface area contributed by atoms with Crippen LogP contribution in [-0.2, 0) is 11.3 Å². The predicted molar refractivity (Wildman–Crippen MR) is 95.4 cm³/mol. The lowest BCUT2D eigenvalue weighted by Crippen LogP contribution is -2.40. The highest BCUT2D eigenvalue weighted by molar-refractivity contribution is 5.98. The fourth-order valence-corrected chi connectivity index (χ4v) is 2.40. The smallest absolute Gasteiger partial charge is 0.254 e. The molecule has 0 bridgehead atoms. The molecule has 0 unspecified atom stereocenters. The monoisotopic (exact) mass is 343 g/mol. The molecule has 0 aliphatic rings. The Bertz CT molecular complexity index is 760. The normalized spacial score (nSPS) is 10.4. The molecule has 0 radical (unpaired) electrons. The van der Waals surface area contributed by atoms with Gasteiger partial charge in [0.2, 0.25) is 5.91 Å². The van der Waals surface area contributed by atoms with E-state index in [4.69, 9.17) is 5.73 Å². The number of hydrogen-bond acceptors (Lipinski definition) is 3. The van der Waals surface area contributed by atoms with E-state index < -0.39 is 0 Å². The molecule has 2 rings (SSSR count). The van der Waals surface area contributed by atoms with Gasteiger partial charge in [0.1, 0.15) is 5.82 Å². The molecule has 0 saturated carbocycles. The Labute approximate surface area is 146 Å². The SMILES string of the molecule is CCN(CC(=O)NCc1ccc(F)cc1)C(=O)c1cc(N)ccc1C. The first-order valence-electron chi connectivity index (χ1n) is 8.07. The number of rotatable bonds is 6. The summed E-state index contributed by atoms with van der Waals surface area (Å²) in [6.45, 7) is 4.27. The maximum absolute atomic E-state index is 12.9. The lowest BCUT2D eigenvalue weighted by Gasteiger charge is -2.21. The molecular weight excluding hydrogens is 321 g/mol. The molecule has 5 nitrogen and oxygen atoms in total. The molecule has 25 heavy (non-hydrogen) atoms. The highest BCUT2D eigenvalue weighted by Crippen LogP contribution is 2.15. The van der Waals surface area contributed by atoms with Gasteiger partial charge in [0.25, 0.3) is 5.91 Å². The van der Waals surface area contributed by atoms with Crippen LogP contribution in [0.3, 0.4) is 0 Å². The van der Waals surface area contributed by atoms with Crippen LogP contribution in [0.1, 0.15) is 28.4 Å². The van der Waals surface area contributed by atoms with Gasteiger partial charge in [-0.15, -0.1) is 0 Å². The number of likely N-dealkylation sites (N-methyl/N-ethyl adjacent to an activating group) is 1. The third-order valence-corrected chi connectivity index (χ3v) is 3.90. The van der Waals surface area contributed by atoms with Crippen molar-refractivity contribution in [2.45, 2.75) is 20.4 Å². The van der Waals surface area contributed by atoms with Crippen LogP contribution in [0.4, 0.5) is 10.1 Å². The van der Waals surface area contributed by atoms with Crippen LogP contribution in [0.15, 0.2) is 42.5 Å². The Hall–Kier alpha value is -2.89. The zero-order chi connectivity index (χ0) is 18.4. The second-order valence-corrected chi connectivity index (χ2v) is 5.80. The van der Waals surface area contributed by atoms with Gasteiger partial charge in [-0.3, -0.25) is 9.59 Å². The number of halogens is 1. The zero-order valence-corrected chi connectivity index (χ0v) is 14.4. The third kappa shape index (κ3) is 5.04. The van der Waals surface area contributed by atoms with Crippen LogP contribution in [0.2, 0.25) is 0 Å². The fourth-order valence-electron chi connectivity index (χ4n) is 2.40. The van der Waals surface area contributed by atoms with Gasteiger partial charge in [-0.1, -0.05) is 18.2 Å². The molecule has 0 heterocycles. The Morgan fingerprint density at radius 2 is 1.84 bits per heavy atom. The van der Waals surface area contributed by atoms with Crippen molar-refractivity contribution in [1.29, 1.82) is 0 Å². The van der Waals surface area contributed by atoms with Crippen molar-refractivity contribution in [3.05, 3.63) is 65.0 Å². The van der Waals surface area contributed by atoms with Crippen molar-refractivity contribution >= 4 is 17.5 Å². The van der Waals surface area contributed by atoms with E-state index in [-0.39, 0.29) is 30.7 Å². The second-order valence-electron chi connectivity index (χ2n) is 5.80. The van der Waals surface area contributed by atoms with Crippen LogP contribution >= 0.6 is 0 Å². The second kappa shape index (κ2) is 8.28. The third-order valence-electron chi connectivity index (χ3n) is 3.90. The minimum absolute atomic E-state index is 0.0508. The van der Waals surface area contributed by atoms with Crippen molar-refractivity contribution < 1.29 is 14.0 Å². The number of amides is 2. The number of carbonyl (C=O) groups excluding carboxylic acids is 2. The summed E-state index contributed by atoms with van der Waals surface area (Å²) in [4.78, 5) is 26.2. The average Bonchev–Trinajstić information content (AvgIpc) is 2.60. The standard InChI is InChI=1S/C19H22FN3O2/c1-3-23(19(25)17-10-16(21)9-4-13(17)2)12-18(24)22-11-14-5-7-15(20)8-6-14/h4-10H,3,11-12,21H2,1-2H3,(H,22,24). The van der Waals surface area contributed by atoms with E-state index in [9.17, 15) is 14.0 Å². The summed E-state index contributed by atoms with van der Waals surface area (Å²) in [5, 5.41) is 2.74. The van der Waals surface area contributed by atoms with E-state index in [2.05, 4.69) is 5.32 Å². The number of carbonyl (C=O) groups is 2. The molecule has 2 amide bonds. The topological polar surface area (TPSA) is 75.4 Å². The molecule has 2 aromatic carbocycles. The van der Waals surface area contributed by atoms with E-state index >= 15 is 0 Å². The Morgan fingerprint density at radius 3 is 2.48 bits per heavy atom. The summed E-state index contributed by atoms with van der Waals surface area (Å²) in [5.74, 6) is -0.833. The van der Waals surface area contributed by atoms with Gasteiger partial charge in [-0.25, -0.2) is 4.39 Å². The molecule has 0 aliphatic carbocycles. The van der Waals surface area contributed by atoms with Gasteiger partial charge in [0.15, 0.2) is 0 Å². The average molecular weight is 343 g/mol. The molecular formula is C19H22FN3O2. The van der Waals surface area contributed by atoms with Crippen LogP contribution in [0.25, 0.3) is 0 Å². The van der Waals surface area contributed by atoms with Crippen LogP contribution in [0, 0.1) is 12.7 Å². The zero-order valence-electron chi connectivity index (χ0n) is 14.4. The molecule has 2 aromatic rings.